The molecule has 196 valence electrons. The van der Waals surface area contributed by atoms with Crippen LogP contribution in [0.25, 0.3) is 0 Å². The molecule has 3 aromatic rings. The van der Waals surface area contributed by atoms with Crippen molar-refractivity contribution in [2.24, 2.45) is 5.92 Å². The van der Waals surface area contributed by atoms with E-state index in [0.717, 1.165) is 63.3 Å². The van der Waals surface area contributed by atoms with E-state index >= 15 is 0 Å². The molecule has 0 bridgehead atoms. The molecule has 2 N–H and O–H groups in total. The molecular formula is C28H34N4O5. The number of hydrogen-bond donors (Lipinski definition) is 2. The number of nitrogens with one attached hydrogen (secondary N) is 1. The van der Waals surface area contributed by atoms with Gasteiger partial charge < -0.3 is 24.3 Å². The summed E-state index contributed by atoms with van der Waals surface area (Å²) in [6, 6.07) is 8.02. The lowest BCUT2D eigenvalue weighted by atomic mass is 9.93. The van der Waals surface area contributed by atoms with Gasteiger partial charge in [0.15, 0.2) is 12.2 Å². The van der Waals surface area contributed by atoms with Crippen LogP contribution in [0.4, 0.5) is 0 Å². The third-order valence-corrected chi connectivity index (χ3v) is 7.02. The van der Waals surface area contributed by atoms with Crippen molar-refractivity contribution in [1.29, 1.82) is 0 Å². The molecular weight excluding hydrogens is 472 g/mol. The second kappa shape index (κ2) is 12.3. The predicted octanol–water partition coefficient (Wildman–Crippen LogP) is 2.77. The number of benzene rings is 1. The van der Waals surface area contributed by atoms with Gasteiger partial charge in [-0.1, -0.05) is 6.07 Å². The fourth-order valence-electron chi connectivity index (χ4n) is 4.98. The highest BCUT2D eigenvalue weighted by atomic mass is 16.5. The van der Waals surface area contributed by atoms with Gasteiger partial charge in [0.25, 0.3) is 5.91 Å². The number of rotatable bonds is 10. The summed E-state index contributed by atoms with van der Waals surface area (Å²) in [6.07, 6.45) is 9.67. The van der Waals surface area contributed by atoms with E-state index in [-0.39, 0.29) is 12.5 Å². The van der Waals surface area contributed by atoms with Crippen LogP contribution in [0.2, 0.25) is 0 Å². The van der Waals surface area contributed by atoms with E-state index < -0.39 is 6.10 Å². The van der Waals surface area contributed by atoms with Gasteiger partial charge in [0.2, 0.25) is 0 Å². The highest BCUT2D eigenvalue weighted by molar-refractivity contribution is 5.94. The van der Waals surface area contributed by atoms with Crippen molar-refractivity contribution in [2.45, 2.75) is 44.9 Å². The quantitative estimate of drug-likeness (QED) is 0.432. The maximum Gasteiger partial charge on any atom is 0.252 e. The van der Waals surface area contributed by atoms with Crippen molar-refractivity contribution in [1.82, 2.24) is 20.2 Å². The Morgan fingerprint density at radius 3 is 2.89 bits per heavy atom. The number of oxazole rings is 1. The van der Waals surface area contributed by atoms with E-state index in [4.69, 9.17) is 13.9 Å². The van der Waals surface area contributed by atoms with Crippen LogP contribution in [0.5, 0.6) is 5.75 Å². The Bertz CT molecular complexity index is 1160. The second-order valence-electron chi connectivity index (χ2n) is 9.88. The predicted molar refractivity (Wildman–Crippen MR) is 136 cm³/mol. The number of aliphatic hydroxyl groups is 1. The molecule has 37 heavy (non-hydrogen) atoms. The molecule has 9 nitrogen and oxygen atoms in total. The zero-order chi connectivity index (χ0) is 25.5. The Balaban J connectivity index is 1.07. The SMILES string of the molecule is O=C(NC[C@H](O)CN1CCc2cc(OCc3cnco3)ccc2C1)c1cncc(CC2CCOCC2)c1. The number of carbonyl (C=O) groups is 1. The molecule has 0 spiro atoms. The van der Waals surface area contributed by atoms with Gasteiger partial charge >= 0.3 is 0 Å². The van der Waals surface area contributed by atoms with Gasteiger partial charge in [-0.2, -0.15) is 0 Å². The molecule has 1 amide bonds. The lowest BCUT2D eigenvalue weighted by molar-refractivity contribution is 0.0665. The van der Waals surface area contributed by atoms with Gasteiger partial charge in [-0.3, -0.25) is 14.7 Å². The van der Waals surface area contributed by atoms with Crippen molar-refractivity contribution < 1.29 is 23.8 Å². The number of nitrogens with zero attached hydrogens (tertiary/aromatic N) is 3. The Morgan fingerprint density at radius 1 is 1.16 bits per heavy atom. The monoisotopic (exact) mass is 506 g/mol. The summed E-state index contributed by atoms with van der Waals surface area (Å²) >= 11 is 0. The fraction of sp³-hybridized carbons (Fsp3) is 0.464. The summed E-state index contributed by atoms with van der Waals surface area (Å²) in [6.45, 7) is 4.23. The van der Waals surface area contributed by atoms with E-state index in [2.05, 4.69) is 32.3 Å². The van der Waals surface area contributed by atoms with Crippen molar-refractivity contribution in [3.63, 3.8) is 0 Å². The van der Waals surface area contributed by atoms with Crippen molar-refractivity contribution in [3.05, 3.63) is 77.3 Å². The highest BCUT2D eigenvalue weighted by Crippen LogP contribution is 2.25. The summed E-state index contributed by atoms with van der Waals surface area (Å²) in [7, 11) is 0. The van der Waals surface area contributed by atoms with E-state index in [1.54, 1.807) is 12.4 Å². The Hall–Kier alpha value is -3.27. The third-order valence-electron chi connectivity index (χ3n) is 7.02. The zero-order valence-electron chi connectivity index (χ0n) is 21.0. The Labute approximate surface area is 216 Å². The first-order chi connectivity index (χ1) is 18.1. The first-order valence-electron chi connectivity index (χ1n) is 12.9. The van der Waals surface area contributed by atoms with Crippen molar-refractivity contribution in [3.8, 4) is 5.75 Å². The molecule has 1 fully saturated rings. The van der Waals surface area contributed by atoms with Gasteiger partial charge in [0.05, 0.1) is 17.9 Å². The van der Waals surface area contributed by atoms with E-state index in [9.17, 15) is 9.90 Å². The van der Waals surface area contributed by atoms with Crippen molar-refractivity contribution >= 4 is 5.91 Å². The summed E-state index contributed by atoms with van der Waals surface area (Å²) < 4.78 is 16.5. The first kappa shape index (κ1) is 25.4. The van der Waals surface area contributed by atoms with Crippen LogP contribution in [-0.2, 0) is 30.7 Å². The van der Waals surface area contributed by atoms with Crippen LogP contribution in [0.3, 0.4) is 0 Å². The Kier molecular flexibility index (Phi) is 8.45. The second-order valence-corrected chi connectivity index (χ2v) is 9.88. The largest absolute Gasteiger partial charge is 0.486 e. The topological polar surface area (TPSA) is 110 Å². The molecule has 2 aromatic heterocycles. The number of fused-ring (bicyclic) bond motifs is 1. The van der Waals surface area contributed by atoms with Crippen LogP contribution < -0.4 is 10.1 Å². The summed E-state index contributed by atoms with van der Waals surface area (Å²) in [4.78, 5) is 23.1. The number of pyridine rings is 1. The number of ether oxygens (including phenoxy) is 2. The normalized spacial score (nSPS) is 17.2. The number of aromatic nitrogens is 2. The molecule has 1 atom stereocenters. The van der Waals surface area contributed by atoms with Crippen molar-refractivity contribution in [2.75, 3.05) is 32.8 Å². The lowest BCUT2D eigenvalue weighted by Crippen LogP contribution is -2.42. The number of β-amino-alcohol motifs (C(OH)–C–C–N with tert-alkyl or cyclic N) is 1. The fourth-order valence-corrected chi connectivity index (χ4v) is 4.98. The van der Waals surface area contributed by atoms with Crippen LogP contribution in [-0.4, -0.2) is 64.8 Å². The van der Waals surface area contributed by atoms with E-state index in [1.807, 2.05) is 18.3 Å². The highest BCUT2D eigenvalue weighted by Gasteiger charge is 2.20. The first-order valence-corrected chi connectivity index (χ1v) is 12.9. The maximum absolute atomic E-state index is 12.7. The van der Waals surface area contributed by atoms with Crippen LogP contribution in [0.1, 0.15) is 45.7 Å². The molecule has 2 aliphatic rings. The molecule has 9 heteroatoms. The summed E-state index contributed by atoms with van der Waals surface area (Å²) in [5.74, 6) is 1.85. The van der Waals surface area contributed by atoms with Crippen LogP contribution in [0, 0.1) is 5.92 Å². The van der Waals surface area contributed by atoms with Crippen LogP contribution >= 0.6 is 0 Å². The minimum absolute atomic E-state index is 0.195. The molecule has 2 aliphatic heterocycles. The number of hydrogen-bond acceptors (Lipinski definition) is 8. The Morgan fingerprint density at radius 2 is 2.05 bits per heavy atom. The van der Waals surface area contributed by atoms with E-state index in [0.29, 0.717) is 30.4 Å². The molecule has 1 aromatic carbocycles. The summed E-state index contributed by atoms with van der Waals surface area (Å²) in [5, 5.41) is 13.5. The van der Waals surface area contributed by atoms with Gasteiger partial charge in [-0.05, 0) is 66.5 Å². The van der Waals surface area contributed by atoms with Gasteiger partial charge in [0.1, 0.15) is 12.4 Å². The standard InChI is InChI=1S/C28H34N4O5/c33-25(14-31-28(34)24-10-21(12-29-13-24)9-20-4-7-35-8-5-20)17-32-6-3-22-11-26(2-1-23(22)16-32)36-18-27-15-30-19-37-27/h1-2,10-13,15,19-20,25,33H,3-9,14,16-18H2,(H,31,34)/t25-/m0/s1. The zero-order valence-corrected chi connectivity index (χ0v) is 21.0. The van der Waals surface area contributed by atoms with Gasteiger partial charge in [0, 0.05) is 51.8 Å². The van der Waals surface area contributed by atoms with Gasteiger partial charge in [-0.15, -0.1) is 0 Å². The van der Waals surface area contributed by atoms with E-state index in [1.165, 1.54) is 17.5 Å². The molecule has 1 saturated heterocycles. The summed E-state index contributed by atoms with van der Waals surface area (Å²) in [5.41, 5.74) is 4.08. The smallest absolute Gasteiger partial charge is 0.252 e. The molecule has 0 aliphatic carbocycles. The minimum atomic E-state index is -0.659. The number of aliphatic hydroxyl groups excluding tert-OH is 1. The number of amides is 1. The lowest BCUT2D eigenvalue weighted by Gasteiger charge is -2.30. The third kappa shape index (κ3) is 7.15. The number of carbonyl (C=O) groups excluding carboxylic acids is 1. The average molecular weight is 507 g/mol. The minimum Gasteiger partial charge on any atom is -0.486 e. The maximum atomic E-state index is 12.7. The average Bonchev–Trinajstić information content (AvgIpc) is 3.45. The molecule has 0 unspecified atom stereocenters. The molecule has 0 saturated carbocycles. The molecule has 5 rings (SSSR count). The molecule has 4 heterocycles. The molecule has 0 radical (unpaired) electrons. The van der Waals surface area contributed by atoms with Crippen LogP contribution in [0.15, 0.2) is 53.7 Å². The van der Waals surface area contributed by atoms with Gasteiger partial charge in [-0.25, -0.2) is 4.98 Å².